The van der Waals surface area contributed by atoms with Crippen LogP contribution in [0.2, 0.25) is 0 Å². The molecular weight excluding hydrogens is 414 g/mol. The Balaban J connectivity index is 1.60. The fourth-order valence-corrected chi connectivity index (χ4v) is 6.55. The summed E-state index contributed by atoms with van der Waals surface area (Å²) >= 11 is 0. The van der Waals surface area contributed by atoms with E-state index in [4.69, 9.17) is 10.5 Å². The summed E-state index contributed by atoms with van der Waals surface area (Å²) in [5.74, 6) is -0.800. The molecule has 3 fully saturated rings. The van der Waals surface area contributed by atoms with Crippen molar-refractivity contribution >= 4 is 23.2 Å². The monoisotopic (exact) mass is 443 g/mol. The van der Waals surface area contributed by atoms with Gasteiger partial charge in [-0.1, -0.05) is 49.2 Å². The van der Waals surface area contributed by atoms with Gasteiger partial charge in [0.2, 0.25) is 11.6 Å². The molecule has 0 N–H and O–H groups in total. The van der Waals surface area contributed by atoms with Gasteiger partial charge in [-0.3, -0.25) is 14.5 Å². The first-order valence-corrected chi connectivity index (χ1v) is 11.8. The van der Waals surface area contributed by atoms with Crippen LogP contribution in [0.25, 0.3) is 5.43 Å². The second kappa shape index (κ2) is 6.65. The van der Waals surface area contributed by atoms with Crippen molar-refractivity contribution in [3.8, 4) is 0 Å². The van der Waals surface area contributed by atoms with Gasteiger partial charge in [0, 0.05) is 23.4 Å². The molecule has 0 radical (unpaired) electrons. The van der Waals surface area contributed by atoms with E-state index in [0.29, 0.717) is 0 Å². The van der Waals surface area contributed by atoms with Crippen molar-refractivity contribution in [1.29, 1.82) is 0 Å². The Hall–Kier alpha value is -3.22. The normalized spacial score (nSPS) is 32.9. The van der Waals surface area contributed by atoms with Crippen LogP contribution in [0, 0.1) is 5.92 Å². The van der Waals surface area contributed by atoms with Crippen LogP contribution in [0.3, 0.4) is 0 Å². The van der Waals surface area contributed by atoms with Crippen LogP contribution >= 0.6 is 0 Å². The van der Waals surface area contributed by atoms with Crippen LogP contribution < -0.4 is 4.90 Å². The lowest BCUT2D eigenvalue weighted by molar-refractivity contribution is -0.457. The maximum atomic E-state index is 14.0. The van der Waals surface area contributed by atoms with Crippen LogP contribution in [0.4, 0.5) is 11.4 Å². The molecule has 170 valence electrons. The molecule has 2 amide bonds. The third-order valence-corrected chi connectivity index (χ3v) is 7.72. The number of anilines is 1. The molecule has 7 nitrogen and oxygen atoms in total. The SMILES string of the molecule is CC(C)(C)N1C(=O)[C@@H]2[C@H](C1=O)N(c1ccccc1)[C@@]13CCCC[C@@]21N=[N+](c1ccccc1)[N-]3. The number of hydrogen-bond donors (Lipinski definition) is 0. The van der Waals surface area contributed by atoms with Crippen molar-refractivity contribution in [2.75, 3.05) is 4.90 Å². The molecule has 4 atom stereocenters. The quantitative estimate of drug-likeness (QED) is 0.496. The van der Waals surface area contributed by atoms with E-state index in [0.717, 1.165) is 37.1 Å². The average Bonchev–Trinajstić information content (AvgIpc) is 3.37. The van der Waals surface area contributed by atoms with Gasteiger partial charge in [0.1, 0.15) is 11.7 Å². The first-order valence-electron chi connectivity index (χ1n) is 11.8. The number of amides is 2. The number of carbonyl (C=O) groups is 2. The maximum Gasteiger partial charge on any atom is 0.253 e. The van der Waals surface area contributed by atoms with E-state index >= 15 is 0 Å². The van der Waals surface area contributed by atoms with E-state index in [-0.39, 0.29) is 11.8 Å². The summed E-state index contributed by atoms with van der Waals surface area (Å²) in [6.45, 7) is 5.78. The number of fused-ring (bicyclic) bond motifs is 1. The highest BCUT2D eigenvalue weighted by Gasteiger charge is 2.77. The molecule has 1 aliphatic carbocycles. The van der Waals surface area contributed by atoms with Crippen LogP contribution in [-0.2, 0) is 9.59 Å². The number of nitrogens with zero attached hydrogens (tertiary/aromatic N) is 5. The van der Waals surface area contributed by atoms with Crippen LogP contribution in [0.5, 0.6) is 0 Å². The molecule has 7 heteroatoms. The summed E-state index contributed by atoms with van der Waals surface area (Å²) < 4.78 is 0. The summed E-state index contributed by atoms with van der Waals surface area (Å²) in [6.07, 6.45) is 3.45. The molecule has 0 aromatic heterocycles. The van der Waals surface area contributed by atoms with Crippen molar-refractivity contribution in [1.82, 2.24) is 4.90 Å². The van der Waals surface area contributed by atoms with Crippen molar-refractivity contribution in [3.05, 3.63) is 66.1 Å². The van der Waals surface area contributed by atoms with Gasteiger partial charge < -0.3 is 4.90 Å². The maximum absolute atomic E-state index is 14.0. The minimum atomic E-state index is -0.770. The lowest BCUT2D eigenvalue weighted by Gasteiger charge is -2.50. The van der Waals surface area contributed by atoms with Gasteiger partial charge in [0.25, 0.3) is 5.91 Å². The zero-order valence-electron chi connectivity index (χ0n) is 19.3. The fraction of sp³-hybridized carbons (Fsp3) is 0.462. The van der Waals surface area contributed by atoms with E-state index in [9.17, 15) is 9.59 Å². The second-order valence-electron chi connectivity index (χ2n) is 10.6. The summed E-state index contributed by atoms with van der Waals surface area (Å²) in [4.78, 5) is 33.3. The van der Waals surface area contributed by atoms with Gasteiger partial charge in [0.15, 0.2) is 0 Å². The largest absolute Gasteiger partial charge is 0.347 e. The summed E-state index contributed by atoms with van der Waals surface area (Å²) in [7, 11) is 0. The molecule has 2 aromatic rings. The molecule has 2 aromatic carbocycles. The van der Waals surface area contributed by atoms with E-state index in [1.807, 2.05) is 81.4 Å². The number of rotatable bonds is 2. The highest BCUT2D eigenvalue weighted by atomic mass is 16.2. The zero-order chi connectivity index (χ0) is 23.0. The topological polar surface area (TPSA) is 70.1 Å². The highest BCUT2D eigenvalue weighted by molar-refractivity contribution is 6.11. The Morgan fingerprint density at radius 2 is 1.58 bits per heavy atom. The summed E-state index contributed by atoms with van der Waals surface area (Å²) in [5, 5.41) is 5.21. The fourth-order valence-electron chi connectivity index (χ4n) is 6.55. The third-order valence-electron chi connectivity index (χ3n) is 7.72. The Kier molecular flexibility index (Phi) is 4.11. The van der Waals surface area contributed by atoms with Gasteiger partial charge in [0.05, 0.1) is 11.5 Å². The lowest BCUT2D eigenvalue weighted by Crippen LogP contribution is -2.61. The Labute approximate surface area is 194 Å². The minimum Gasteiger partial charge on any atom is -0.347 e. The molecule has 3 aliphatic heterocycles. The standard InChI is InChI=1S/C26H29N5O2/c1-24(2,3)30-22(32)20-21(23(30)33)29(18-12-6-4-7-13-18)26-17-11-10-16-25(20,26)27-31(28-26)19-14-8-5-9-15-19/h4-9,12-15,20-21H,10-11,16-17H2,1-3H3/t20-,21+,25+,26-/m0/s1. The molecular formula is C26H29N5O2. The van der Waals surface area contributed by atoms with Gasteiger partial charge in [-0.15, -0.1) is 4.81 Å². The molecule has 0 unspecified atom stereocenters. The lowest BCUT2D eigenvalue weighted by atomic mass is 9.68. The Bertz CT molecular complexity index is 1160. The van der Waals surface area contributed by atoms with Crippen molar-refractivity contribution < 1.29 is 14.4 Å². The number of carbonyl (C=O) groups excluding carboxylic acids is 2. The molecule has 3 heterocycles. The van der Waals surface area contributed by atoms with Crippen molar-refractivity contribution in [2.24, 2.45) is 11.0 Å². The molecule has 0 bridgehead atoms. The molecule has 4 aliphatic rings. The van der Waals surface area contributed by atoms with Crippen LogP contribution in [-0.4, -0.2) is 44.3 Å². The molecule has 6 rings (SSSR count). The smallest absolute Gasteiger partial charge is 0.253 e. The molecule has 33 heavy (non-hydrogen) atoms. The number of hydrogen-bond acceptors (Lipinski definition) is 4. The number of para-hydroxylation sites is 2. The van der Waals surface area contributed by atoms with Gasteiger partial charge in [-0.2, -0.15) is 5.43 Å². The van der Waals surface area contributed by atoms with Crippen LogP contribution in [0.15, 0.2) is 65.8 Å². The number of likely N-dealkylation sites (tertiary alicyclic amines) is 1. The van der Waals surface area contributed by atoms with Gasteiger partial charge in [-0.05, 0) is 45.7 Å². The highest BCUT2D eigenvalue weighted by Crippen LogP contribution is 2.65. The number of benzene rings is 2. The predicted octanol–water partition coefficient (Wildman–Crippen LogP) is 4.77. The third kappa shape index (κ3) is 2.50. The van der Waals surface area contributed by atoms with Gasteiger partial charge >= 0.3 is 0 Å². The molecule has 1 saturated carbocycles. The number of imide groups is 1. The summed E-state index contributed by atoms with van der Waals surface area (Å²) in [5.41, 5.74) is 4.91. The first kappa shape index (κ1) is 20.4. The van der Waals surface area contributed by atoms with E-state index in [2.05, 4.69) is 4.90 Å². The van der Waals surface area contributed by atoms with E-state index in [1.54, 1.807) is 4.81 Å². The second-order valence-corrected chi connectivity index (χ2v) is 10.6. The Morgan fingerprint density at radius 3 is 2.24 bits per heavy atom. The predicted molar refractivity (Wildman–Crippen MR) is 124 cm³/mol. The average molecular weight is 444 g/mol. The molecule has 2 saturated heterocycles. The zero-order valence-corrected chi connectivity index (χ0v) is 19.3. The summed E-state index contributed by atoms with van der Waals surface area (Å²) in [6, 6.07) is 19.3. The Morgan fingerprint density at radius 1 is 0.939 bits per heavy atom. The number of azo groups is 1. The van der Waals surface area contributed by atoms with Crippen molar-refractivity contribution in [2.45, 2.75) is 69.2 Å². The van der Waals surface area contributed by atoms with Crippen LogP contribution in [0.1, 0.15) is 46.5 Å². The van der Waals surface area contributed by atoms with E-state index in [1.165, 1.54) is 4.90 Å². The molecule has 0 spiro atoms. The van der Waals surface area contributed by atoms with E-state index < -0.39 is 28.7 Å². The first-order chi connectivity index (χ1) is 15.8. The van der Waals surface area contributed by atoms with Gasteiger partial charge in [-0.25, -0.2) is 5.11 Å². The minimum absolute atomic E-state index is 0.115. The van der Waals surface area contributed by atoms with Crippen molar-refractivity contribution in [3.63, 3.8) is 0 Å².